The van der Waals surface area contributed by atoms with Gasteiger partial charge in [0.25, 0.3) is 5.56 Å². The van der Waals surface area contributed by atoms with Gasteiger partial charge in [-0.15, -0.1) is 0 Å². The fourth-order valence-electron chi connectivity index (χ4n) is 4.29. The van der Waals surface area contributed by atoms with Gasteiger partial charge in [0.15, 0.2) is 6.23 Å². The number of aromatic amines is 1. The third-order valence-corrected chi connectivity index (χ3v) is 6.78. The molecule has 0 aromatic carbocycles. The molecular weight excluding hydrogens is 564 g/mol. The number of aliphatic hydroxyl groups excluding tert-OH is 4. The molecule has 1 aliphatic rings. The number of carboxylic acid groups (broad SMARTS) is 1. The minimum Gasteiger partial charge on any atom is -0.506 e. The molecule has 0 bridgehead atoms. The Morgan fingerprint density at radius 2 is 1.83 bits per heavy atom. The number of rotatable bonds is 12. The van der Waals surface area contributed by atoms with Crippen LogP contribution in [0.3, 0.4) is 0 Å². The number of nitrogens with zero attached hydrogens (tertiary/aromatic N) is 2. The number of ether oxygens (including phenoxy) is 1. The van der Waals surface area contributed by atoms with Crippen LogP contribution >= 0.6 is 0 Å². The summed E-state index contributed by atoms with van der Waals surface area (Å²) in [5.74, 6) is -5.02. The number of amides is 2. The van der Waals surface area contributed by atoms with Gasteiger partial charge in [0.05, 0.1) is 17.9 Å². The molecule has 9 atom stereocenters. The summed E-state index contributed by atoms with van der Waals surface area (Å²) in [6, 6.07) is -1.59. The van der Waals surface area contributed by atoms with Crippen LogP contribution in [0.5, 0.6) is 5.75 Å². The highest BCUT2D eigenvalue weighted by Crippen LogP contribution is 2.31. The molecular formula is C24H32N6O12. The van der Waals surface area contributed by atoms with Crippen molar-refractivity contribution in [3.63, 3.8) is 0 Å². The van der Waals surface area contributed by atoms with E-state index in [1.807, 2.05) is 4.98 Å². The molecule has 230 valence electrons. The summed E-state index contributed by atoms with van der Waals surface area (Å²) in [4.78, 5) is 67.5. The summed E-state index contributed by atoms with van der Waals surface area (Å²) in [6.45, 7) is 0.766. The van der Waals surface area contributed by atoms with Crippen molar-refractivity contribution >= 4 is 17.8 Å². The number of carbonyl (C=O) groups excluding carboxylic acids is 2. The summed E-state index contributed by atoms with van der Waals surface area (Å²) >= 11 is 0. The Bertz CT molecular complexity index is 1380. The summed E-state index contributed by atoms with van der Waals surface area (Å²) in [5.41, 5.74) is 4.33. The lowest BCUT2D eigenvalue weighted by atomic mass is 9.92. The Morgan fingerprint density at radius 1 is 1.14 bits per heavy atom. The number of hydrogen-bond donors (Lipinski definition) is 10. The topological polar surface area (TPSA) is 300 Å². The van der Waals surface area contributed by atoms with Gasteiger partial charge in [-0.1, -0.05) is 6.92 Å². The molecule has 3 heterocycles. The van der Waals surface area contributed by atoms with Crippen LogP contribution in [0.4, 0.5) is 0 Å². The standard InChI is InChI=1S/C24H32N6O12/c1-9(16(34)11-3-2-10(32)8-26-11)14(25)20(37)29-15(21(38)27-12(5-7-31)23(39)40)19-17(35)18(36)22(42-19)30-6-4-13(33)28-24(30)41/h2-4,6,8-9,12,14-19,22,31-32,34-36H,5,7,25H2,1H3,(H,27,38)(H,29,37)(H,39,40)(H,28,33,41)/t9-,12+,14-,15+,16+,17+,18-,19+,22-/m0/s1. The number of carboxylic acids is 1. The highest BCUT2D eigenvalue weighted by atomic mass is 16.6. The van der Waals surface area contributed by atoms with Crippen molar-refractivity contribution < 1.29 is 49.8 Å². The van der Waals surface area contributed by atoms with Gasteiger partial charge in [-0.2, -0.15) is 0 Å². The first kappa shape index (κ1) is 32.3. The number of aliphatic hydroxyl groups is 4. The third kappa shape index (κ3) is 7.16. The number of H-pyrrole nitrogens is 1. The van der Waals surface area contributed by atoms with Gasteiger partial charge in [0.2, 0.25) is 11.8 Å². The zero-order valence-corrected chi connectivity index (χ0v) is 22.1. The number of aromatic hydroxyl groups is 1. The van der Waals surface area contributed by atoms with Crippen molar-refractivity contribution in [2.75, 3.05) is 6.61 Å². The van der Waals surface area contributed by atoms with Crippen LogP contribution in [0.2, 0.25) is 0 Å². The van der Waals surface area contributed by atoms with Crippen molar-refractivity contribution in [2.45, 2.75) is 62.1 Å². The monoisotopic (exact) mass is 596 g/mol. The van der Waals surface area contributed by atoms with Gasteiger partial charge in [-0.05, 0) is 12.1 Å². The molecule has 0 saturated carbocycles. The van der Waals surface area contributed by atoms with Crippen molar-refractivity contribution in [3.05, 3.63) is 57.1 Å². The molecule has 42 heavy (non-hydrogen) atoms. The zero-order chi connectivity index (χ0) is 31.3. The summed E-state index contributed by atoms with van der Waals surface area (Å²) in [6.07, 6.45) is -7.04. The van der Waals surface area contributed by atoms with Crippen LogP contribution in [-0.4, -0.2) is 106 Å². The first-order chi connectivity index (χ1) is 19.8. The number of pyridine rings is 1. The summed E-state index contributed by atoms with van der Waals surface area (Å²) < 4.78 is 6.32. The molecule has 1 fully saturated rings. The normalized spacial score (nSPS) is 23.8. The molecule has 3 rings (SSSR count). The number of aliphatic carboxylic acids is 1. The molecule has 2 aromatic rings. The second-order valence-electron chi connectivity index (χ2n) is 9.66. The Labute approximate surface area is 236 Å². The minimum atomic E-state index is -1.94. The summed E-state index contributed by atoms with van der Waals surface area (Å²) in [7, 11) is 0. The second kappa shape index (κ2) is 13.6. The number of aromatic nitrogens is 3. The average molecular weight is 597 g/mol. The lowest BCUT2D eigenvalue weighted by molar-refractivity contribution is -0.144. The Kier molecular flexibility index (Phi) is 10.5. The number of carbonyl (C=O) groups is 3. The lowest BCUT2D eigenvalue weighted by Crippen LogP contribution is -2.61. The van der Waals surface area contributed by atoms with Crippen LogP contribution in [0, 0.1) is 5.92 Å². The molecule has 0 unspecified atom stereocenters. The largest absolute Gasteiger partial charge is 0.506 e. The van der Waals surface area contributed by atoms with Crippen LogP contribution in [0.25, 0.3) is 0 Å². The molecule has 11 N–H and O–H groups in total. The van der Waals surface area contributed by atoms with Gasteiger partial charge in [0, 0.05) is 31.2 Å². The molecule has 0 spiro atoms. The van der Waals surface area contributed by atoms with Gasteiger partial charge >= 0.3 is 11.7 Å². The zero-order valence-electron chi connectivity index (χ0n) is 22.1. The van der Waals surface area contributed by atoms with E-state index in [0.717, 1.165) is 23.0 Å². The van der Waals surface area contributed by atoms with E-state index >= 15 is 0 Å². The first-order valence-corrected chi connectivity index (χ1v) is 12.6. The van der Waals surface area contributed by atoms with E-state index in [1.54, 1.807) is 0 Å². The van der Waals surface area contributed by atoms with Gasteiger partial charge in [-0.25, -0.2) is 9.59 Å². The number of nitrogens with two attached hydrogens (primary N) is 1. The predicted octanol–water partition coefficient (Wildman–Crippen LogP) is -4.61. The maximum atomic E-state index is 13.3. The molecule has 2 amide bonds. The fourth-order valence-corrected chi connectivity index (χ4v) is 4.29. The van der Waals surface area contributed by atoms with E-state index in [1.165, 1.54) is 19.1 Å². The number of nitrogens with one attached hydrogen (secondary N) is 3. The van der Waals surface area contributed by atoms with E-state index in [4.69, 9.17) is 10.5 Å². The van der Waals surface area contributed by atoms with Gasteiger partial charge in [-0.3, -0.25) is 28.9 Å². The van der Waals surface area contributed by atoms with Gasteiger partial charge in [0.1, 0.15) is 42.2 Å². The molecule has 2 aromatic heterocycles. The summed E-state index contributed by atoms with van der Waals surface area (Å²) in [5, 5.41) is 64.4. The van der Waals surface area contributed by atoms with Gasteiger partial charge < -0.3 is 51.7 Å². The quantitative estimate of drug-likeness (QED) is 0.110. The van der Waals surface area contributed by atoms with E-state index in [2.05, 4.69) is 15.6 Å². The maximum Gasteiger partial charge on any atom is 0.330 e. The van der Waals surface area contributed by atoms with Crippen LogP contribution in [0.1, 0.15) is 31.4 Å². The highest BCUT2D eigenvalue weighted by Gasteiger charge is 2.50. The molecule has 0 radical (unpaired) electrons. The Balaban J connectivity index is 1.89. The number of hydrogen-bond acceptors (Lipinski definition) is 13. The maximum absolute atomic E-state index is 13.3. The van der Waals surface area contributed by atoms with Crippen molar-refractivity contribution in [2.24, 2.45) is 11.7 Å². The SMILES string of the molecule is C[C@@H]([C@H](N)C(=O)N[C@@H](C(=O)N[C@H](CCO)C(=O)O)[C@H]1O[C@H](n2ccc(=O)[nH]c2=O)[C@@H](O)[C@H]1O)[C@@H](O)c1ccc(O)cn1. The molecule has 0 aliphatic carbocycles. The first-order valence-electron chi connectivity index (χ1n) is 12.6. The minimum absolute atomic E-state index is 0.0676. The Hall–Kier alpha value is -4.20. The third-order valence-electron chi connectivity index (χ3n) is 6.78. The van der Waals surface area contributed by atoms with Crippen LogP contribution in [-0.2, 0) is 19.1 Å². The van der Waals surface area contributed by atoms with E-state index in [9.17, 15) is 54.6 Å². The smallest absolute Gasteiger partial charge is 0.330 e. The predicted molar refractivity (Wildman–Crippen MR) is 138 cm³/mol. The fraction of sp³-hybridized carbons (Fsp3) is 0.500. The highest BCUT2D eigenvalue weighted by molar-refractivity contribution is 5.92. The van der Waals surface area contributed by atoms with Crippen LogP contribution < -0.4 is 27.6 Å². The Morgan fingerprint density at radius 3 is 2.40 bits per heavy atom. The lowest BCUT2D eigenvalue weighted by Gasteiger charge is -2.30. The van der Waals surface area contributed by atoms with E-state index in [0.29, 0.717) is 0 Å². The molecule has 1 saturated heterocycles. The molecule has 18 heteroatoms. The molecule has 18 nitrogen and oxygen atoms in total. The molecule has 1 aliphatic heterocycles. The van der Waals surface area contributed by atoms with E-state index in [-0.39, 0.29) is 11.4 Å². The van der Waals surface area contributed by atoms with Crippen molar-refractivity contribution in [1.82, 2.24) is 25.2 Å². The average Bonchev–Trinajstić information content (AvgIpc) is 3.23. The second-order valence-corrected chi connectivity index (χ2v) is 9.66. The van der Waals surface area contributed by atoms with Crippen LogP contribution in [0.15, 0.2) is 40.2 Å². The van der Waals surface area contributed by atoms with E-state index < -0.39 is 96.7 Å². The van der Waals surface area contributed by atoms with Crippen molar-refractivity contribution in [3.8, 4) is 5.75 Å². The van der Waals surface area contributed by atoms with Crippen molar-refractivity contribution in [1.29, 1.82) is 0 Å².